The van der Waals surface area contributed by atoms with Crippen LogP contribution in [0.4, 0.5) is 0 Å². The molecule has 2 nitrogen and oxygen atoms in total. The Morgan fingerprint density at radius 2 is 2.20 bits per heavy atom. The van der Waals surface area contributed by atoms with Crippen molar-refractivity contribution in [3.8, 4) is 0 Å². The van der Waals surface area contributed by atoms with Gasteiger partial charge in [-0.3, -0.25) is 0 Å². The van der Waals surface area contributed by atoms with Gasteiger partial charge in [-0.25, -0.2) is 0 Å². The van der Waals surface area contributed by atoms with Crippen LogP contribution in [0.1, 0.15) is 43.7 Å². The lowest BCUT2D eigenvalue weighted by atomic mass is 9.94. The molecule has 0 amide bonds. The minimum absolute atomic E-state index is 0.734. The van der Waals surface area contributed by atoms with E-state index in [2.05, 4.69) is 43.4 Å². The van der Waals surface area contributed by atoms with E-state index in [0.717, 1.165) is 31.7 Å². The van der Waals surface area contributed by atoms with Gasteiger partial charge in [0.05, 0.1) is 0 Å². The molecule has 1 aromatic rings. The maximum absolute atomic E-state index is 5.47. The minimum Gasteiger partial charge on any atom is -0.382 e. The Hall–Kier alpha value is -0.860. The fourth-order valence-corrected chi connectivity index (χ4v) is 2.69. The second-order valence-corrected chi connectivity index (χ2v) is 6.08. The molecule has 1 fully saturated rings. The zero-order chi connectivity index (χ0) is 14.2. The summed E-state index contributed by atoms with van der Waals surface area (Å²) in [6, 6.07) is 9.75. The molecule has 2 heteroatoms. The van der Waals surface area contributed by atoms with Gasteiger partial charge >= 0.3 is 0 Å². The van der Waals surface area contributed by atoms with Gasteiger partial charge in [-0.1, -0.05) is 29.8 Å². The monoisotopic (exact) mass is 275 g/mol. The highest BCUT2D eigenvalue weighted by Gasteiger charge is 2.21. The largest absolute Gasteiger partial charge is 0.382 e. The van der Waals surface area contributed by atoms with E-state index in [1.165, 1.54) is 43.2 Å². The van der Waals surface area contributed by atoms with Crippen LogP contribution in [0.5, 0.6) is 0 Å². The Morgan fingerprint density at radius 1 is 1.35 bits per heavy atom. The van der Waals surface area contributed by atoms with Gasteiger partial charge in [0.2, 0.25) is 0 Å². The van der Waals surface area contributed by atoms with Crippen molar-refractivity contribution >= 4 is 0 Å². The van der Waals surface area contributed by atoms with Crippen molar-refractivity contribution in [1.82, 2.24) is 5.32 Å². The Morgan fingerprint density at radius 3 is 2.90 bits per heavy atom. The van der Waals surface area contributed by atoms with E-state index < -0.39 is 0 Å². The standard InChI is InChI=1S/C18H29NO/c1-3-20-11-5-8-17(14-19-18-9-10-18)13-16-7-4-6-15(2)12-16/h4,6-7,12,17-19H,3,5,8-11,13-14H2,1-2H3. The Balaban J connectivity index is 1.80. The maximum Gasteiger partial charge on any atom is 0.0466 e. The van der Waals surface area contributed by atoms with Crippen LogP contribution in [-0.2, 0) is 11.2 Å². The molecule has 0 heterocycles. The van der Waals surface area contributed by atoms with E-state index in [-0.39, 0.29) is 0 Å². The number of hydrogen-bond acceptors (Lipinski definition) is 2. The quantitative estimate of drug-likeness (QED) is 0.657. The predicted molar refractivity (Wildman–Crippen MR) is 85.1 cm³/mol. The van der Waals surface area contributed by atoms with Gasteiger partial charge in [-0.05, 0) is 64.0 Å². The SMILES string of the molecule is CCOCCCC(CNC1CC1)Cc1cccc(C)c1. The number of nitrogens with one attached hydrogen (secondary N) is 1. The third-order valence-corrected chi connectivity index (χ3v) is 3.98. The molecule has 1 aliphatic carbocycles. The Bertz CT molecular complexity index is 387. The molecule has 0 spiro atoms. The molecule has 1 unspecified atom stereocenters. The van der Waals surface area contributed by atoms with Crippen LogP contribution in [0.15, 0.2) is 24.3 Å². The summed E-state index contributed by atoms with van der Waals surface area (Å²) in [7, 11) is 0. The number of benzene rings is 1. The first-order valence-corrected chi connectivity index (χ1v) is 8.14. The molecule has 2 rings (SSSR count). The number of hydrogen-bond donors (Lipinski definition) is 1. The van der Waals surface area contributed by atoms with Crippen molar-refractivity contribution in [3.05, 3.63) is 35.4 Å². The summed E-state index contributed by atoms with van der Waals surface area (Å²) in [5.74, 6) is 0.734. The highest BCUT2D eigenvalue weighted by Crippen LogP contribution is 2.21. The summed E-state index contributed by atoms with van der Waals surface area (Å²) in [5, 5.41) is 3.69. The zero-order valence-electron chi connectivity index (χ0n) is 13.0. The minimum atomic E-state index is 0.734. The Labute approximate surface area is 123 Å². The predicted octanol–water partition coefficient (Wildman–Crippen LogP) is 3.72. The lowest BCUT2D eigenvalue weighted by Crippen LogP contribution is -2.26. The molecular weight excluding hydrogens is 246 g/mol. The summed E-state index contributed by atoms with van der Waals surface area (Å²) in [4.78, 5) is 0. The summed E-state index contributed by atoms with van der Waals surface area (Å²) in [6.45, 7) is 7.15. The number of ether oxygens (including phenoxy) is 1. The van der Waals surface area contributed by atoms with Gasteiger partial charge in [0.15, 0.2) is 0 Å². The lowest BCUT2D eigenvalue weighted by molar-refractivity contribution is 0.139. The zero-order valence-corrected chi connectivity index (χ0v) is 13.0. The fourth-order valence-electron chi connectivity index (χ4n) is 2.69. The average molecular weight is 275 g/mol. The van der Waals surface area contributed by atoms with Crippen LogP contribution < -0.4 is 5.32 Å². The second-order valence-electron chi connectivity index (χ2n) is 6.08. The topological polar surface area (TPSA) is 21.3 Å². The van der Waals surface area contributed by atoms with Gasteiger partial charge in [0, 0.05) is 19.3 Å². The van der Waals surface area contributed by atoms with Gasteiger partial charge in [-0.2, -0.15) is 0 Å². The van der Waals surface area contributed by atoms with Gasteiger partial charge in [-0.15, -0.1) is 0 Å². The molecule has 1 aliphatic rings. The first-order chi connectivity index (χ1) is 9.78. The lowest BCUT2D eigenvalue weighted by Gasteiger charge is -2.18. The van der Waals surface area contributed by atoms with Crippen molar-refractivity contribution in [2.45, 2.75) is 52.0 Å². The molecular formula is C18H29NO. The van der Waals surface area contributed by atoms with Crippen LogP contribution in [-0.4, -0.2) is 25.8 Å². The Kier molecular flexibility index (Phi) is 6.55. The molecule has 0 saturated heterocycles. The van der Waals surface area contributed by atoms with Gasteiger partial charge in [0.25, 0.3) is 0 Å². The molecule has 0 aliphatic heterocycles. The van der Waals surface area contributed by atoms with Crippen LogP contribution in [0.25, 0.3) is 0 Å². The van der Waals surface area contributed by atoms with Gasteiger partial charge < -0.3 is 10.1 Å². The molecule has 1 atom stereocenters. The smallest absolute Gasteiger partial charge is 0.0466 e. The highest BCUT2D eigenvalue weighted by atomic mass is 16.5. The van der Waals surface area contributed by atoms with Crippen LogP contribution >= 0.6 is 0 Å². The normalized spacial score (nSPS) is 16.3. The van der Waals surface area contributed by atoms with Crippen molar-refractivity contribution in [2.75, 3.05) is 19.8 Å². The van der Waals surface area contributed by atoms with Crippen molar-refractivity contribution in [3.63, 3.8) is 0 Å². The molecule has 20 heavy (non-hydrogen) atoms. The third kappa shape index (κ3) is 6.06. The van der Waals surface area contributed by atoms with E-state index in [1.807, 2.05) is 0 Å². The molecule has 0 radical (unpaired) electrons. The maximum atomic E-state index is 5.47. The summed E-state index contributed by atoms with van der Waals surface area (Å²) in [5.41, 5.74) is 2.84. The first-order valence-electron chi connectivity index (χ1n) is 8.14. The fraction of sp³-hybridized carbons (Fsp3) is 0.667. The van der Waals surface area contributed by atoms with Crippen molar-refractivity contribution in [1.29, 1.82) is 0 Å². The average Bonchev–Trinajstić information content (AvgIpc) is 3.25. The second kappa shape index (κ2) is 8.43. The summed E-state index contributed by atoms with van der Waals surface area (Å²) < 4.78 is 5.47. The van der Waals surface area contributed by atoms with Gasteiger partial charge in [0.1, 0.15) is 0 Å². The highest BCUT2D eigenvalue weighted by molar-refractivity contribution is 5.22. The van der Waals surface area contributed by atoms with E-state index in [4.69, 9.17) is 4.74 Å². The van der Waals surface area contributed by atoms with E-state index in [1.54, 1.807) is 0 Å². The summed E-state index contributed by atoms with van der Waals surface area (Å²) in [6.07, 6.45) is 6.37. The van der Waals surface area contributed by atoms with Crippen LogP contribution in [0, 0.1) is 12.8 Å². The molecule has 0 bridgehead atoms. The van der Waals surface area contributed by atoms with E-state index in [9.17, 15) is 0 Å². The molecule has 1 N–H and O–H groups in total. The number of rotatable bonds is 10. The molecule has 112 valence electrons. The molecule has 1 saturated carbocycles. The summed E-state index contributed by atoms with van der Waals surface area (Å²) >= 11 is 0. The van der Waals surface area contributed by atoms with Crippen LogP contribution in [0.3, 0.4) is 0 Å². The molecule has 0 aromatic heterocycles. The van der Waals surface area contributed by atoms with Crippen molar-refractivity contribution < 1.29 is 4.74 Å². The van der Waals surface area contributed by atoms with E-state index in [0.29, 0.717) is 0 Å². The van der Waals surface area contributed by atoms with Crippen molar-refractivity contribution in [2.24, 2.45) is 5.92 Å². The van der Waals surface area contributed by atoms with E-state index >= 15 is 0 Å². The third-order valence-electron chi connectivity index (χ3n) is 3.98. The molecule has 1 aromatic carbocycles. The number of aryl methyl sites for hydroxylation is 1. The van der Waals surface area contributed by atoms with Crippen LogP contribution in [0.2, 0.25) is 0 Å². The first kappa shape index (κ1) is 15.5.